The van der Waals surface area contributed by atoms with E-state index in [0.29, 0.717) is 16.3 Å². The van der Waals surface area contributed by atoms with Gasteiger partial charge in [0.1, 0.15) is 0 Å². The molecule has 4 nitrogen and oxygen atoms in total. The molecule has 4 N–H and O–H groups in total. The molecule has 0 saturated heterocycles. The summed E-state index contributed by atoms with van der Waals surface area (Å²) in [5.41, 5.74) is 6.53. The summed E-state index contributed by atoms with van der Waals surface area (Å²) in [4.78, 5) is 11.2. The Kier molecular flexibility index (Phi) is 4.65. The average molecular weight is 238 g/mol. The molecule has 0 saturated carbocycles. The largest absolute Gasteiger partial charge is 0.341 e. The van der Waals surface area contributed by atoms with E-state index in [1.165, 1.54) is 7.05 Å². The molecule has 84 valence electrons. The summed E-state index contributed by atoms with van der Waals surface area (Å²) >= 11 is 5.84. The minimum absolute atomic E-state index is 0.256. The molecule has 2 amide bonds. The van der Waals surface area contributed by atoms with E-state index in [0.717, 1.165) is 0 Å². The number of anilines is 1. The molecule has 0 aliphatic heterocycles. The van der Waals surface area contributed by atoms with Crippen molar-refractivity contribution in [1.29, 1.82) is 0 Å². The molecule has 0 heterocycles. The van der Waals surface area contributed by atoms with E-state index in [1.807, 2.05) is 0 Å². The summed E-state index contributed by atoms with van der Waals surface area (Å²) < 4.78 is 0. The zero-order valence-corrected chi connectivity index (χ0v) is 9.56. The first kappa shape index (κ1) is 12.4. The number of hydrogen-bond donors (Lipinski definition) is 3. The van der Waals surface area contributed by atoms with Gasteiger partial charge in [0.05, 0.1) is 12.2 Å². The Morgan fingerprint density at radius 2 is 2.31 bits per heavy atom. The predicted molar refractivity (Wildman–Crippen MR) is 65.5 cm³/mol. The van der Waals surface area contributed by atoms with E-state index in [2.05, 4.69) is 22.5 Å². The molecule has 0 spiro atoms. The van der Waals surface area contributed by atoms with Crippen LogP contribution in [0.25, 0.3) is 0 Å². The van der Waals surface area contributed by atoms with Gasteiger partial charge in [-0.3, -0.25) is 0 Å². The van der Waals surface area contributed by atoms with E-state index < -0.39 is 0 Å². The monoisotopic (exact) mass is 237 g/mol. The van der Waals surface area contributed by atoms with Gasteiger partial charge in [0.2, 0.25) is 0 Å². The lowest BCUT2D eigenvalue weighted by atomic mass is 10.2. The summed E-state index contributed by atoms with van der Waals surface area (Å²) in [6, 6.07) is 4.74. The Morgan fingerprint density at radius 1 is 1.56 bits per heavy atom. The third-order valence-corrected chi connectivity index (χ3v) is 2.02. The fourth-order valence-corrected chi connectivity index (χ4v) is 1.23. The zero-order chi connectivity index (χ0) is 12.0. The van der Waals surface area contributed by atoms with Crippen molar-refractivity contribution in [2.45, 2.75) is 0 Å². The van der Waals surface area contributed by atoms with Crippen molar-refractivity contribution in [2.24, 2.45) is 5.73 Å². The van der Waals surface area contributed by atoms with Crippen molar-refractivity contribution >= 4 is 23.3 Å². The SMILES string of the molecule is CNC(=O)Nc1ccc(Cl)cc1C#CCN. The van der Waals surface area contributed by atoms with Crippen LogP contribution in [-0.4, -0.2) is 19.6 Å². The Hall–Kier alpha value is -1.70. The number of urea groups is 1. The summed E-state index contributed by atoms with van der Waals surface area (Å²) in [5.74, 6) is 5.55. The van der Waals surface area contributed by atoms with Crippen LogP contribution in [0.4, 0.5) is 10.5 Å². The first-order valence-electron chi connectivity index (χ1n) is 4.64. The molecule has 1 aromatic rings. The Labute approximate surface area is 99.2 Å². The molecule has 1 rings (SSSR count). The summed E-state index contributed by atoms with van der Waals surface area (Å²) in [6.45, 7) is 0.256. The van der Waals surface area contributed by atoms with Crippen LogP contribution in [0, 0.1) is 11.8 Å². The van der Waals surface area contributed by atoms with Gasteiger partial charge in [-0.05, 0) is 18.2 Å². The van der Waals surface area contributed by atoms with Crippen LogP contribution in [0.15, 0.2) is 18.2 Å². The molecule has 0 aliphatic rings. The molecule has 0 unspecified atom stereocenters. The van der Waals surface area contributed by atoms with Crippen LogP contribution in [0.1, 0.15) is 5.56 Å². The zero-order valence-electron chi connectivity index (χ0n) is 8.80. The Balaban J connectivity index is 3.02. The second-order valence-electron chi connectivity index (χ2n) is 2.90. The Bertz CT molecular complexity index is 448. The lowest BCUT2D eigenvalue weighted by molar-refractivity contribution is 0.254. The number of halogens is 1. The maximum absolute atomic E-state index is 11.2. The van der Waals surface area contributed by atoms with Crippen molar-refractivity contribution in [1.82, 2.24) is 5.32 Å². The van der Waals surface area contributed by atoms with Crippen LogP contribution in [0.2, 0.25) is 5.02 Å². The predicted octanol–water partition coefficient (Wildman–Crippen LogP) is 1.40. The molecular weight excluding hydrogens is 226 g/mol. The lowest BCUT2D eigenvalue weighted by Gasteiger charge is -2.06. The van der Waals surface area contributed by atoms with E-state index >= 15 is 0 Å². The summed E-state index contributed by atoms with van der Waals surface area (Å²) in [7, 11) is 1.54. The summed E-state index contributed by atoms with van der Waals surface area (Å²) in [6.07, 6.45) is 0. The van der Waals surface area contributed by atoms with Crippen LogP contribution < -0.4 is 16.4 Å². The third kappa shape index (κ3) is 3.46. The second kappa shape index (κ2) is 6.01. The van der Waals surface area contributed by atoms with Crippen LogP contribution in [0.5, 0.6) is 0 Å². The number of benzene rings is 1. The molecule has 0 bridgehead atoms. The van der Waals surface area contributed by atoms with Gasteiger partial charge in [0.25, 0.3) is 0 Å². The van der Waals surface area contributed by atoms with Crippen molar-refractivity contribution in [3.8, 4) is 11.8 Å². The van der Waals surface area contributed by atoms with Crippen molar-refractivity contribution in [3.63, 3.8) is 0 Å². The van der Waals surface area contributed by atoms with Crippen LogP contribution >= 0.6 is 11.6 Å². The van der Waals surface area contributed by atoms with E-state index in [9.17, 15) is 4.79 Å². The molecule has 0 aromatic heterocycles. The van der Waals surface area contributed by atoms with Gasteiger partial charge in [-0.2, -0.15) is 0 Å². The molecule has 0 atom stereocenters. The minimum atomic E-state index is -0.307. The van der Waals surface area contributed by atoms with Crippen LogP contribution in [-0.2, 0) is 0 Å². The van der Waals surface area contributed by atoms with Crippen LogP contribution in [0.3, 0.4) is 0 Å². The van der Waals surface area contributed by atoms with Gasteiger partial charge in [-0.25, -0.2) is 4.79 Å². The molecule has 5 heteroatoms. The van der Waals surface area contributed by atoms with Gasteiger partial charge in [0, 0.05) is 17.6 Å². The first-order chi connectivity index (χ1) is 7.67. The highest BCUT2D eigenvalue weighted by molar-refractivity contribution is 6.30. The number of hydrogen-bond acceptors (Lipinski definition) is 2. The number of carbonyl (C=O) groups excluding carboxylic acids is 1. The summed E-state index contributed by atoms with van der Waals surface area (Å²) in [5, 5.41) is 5.66. The van der Waals surface area contributed by atoms with E-state index in [1.54, 1.807) is 18.2 Å². The highest BCUT2D eigenvalue weighted by atomic mass is 35.5. The lowest BCUT2D eigenvalue weighted by Crippen LogP contribution is -2.24. The molecular formula is C11H12ClN3O. The van der Waals surface area contributed by atoms with Gasteiger partial charge in [-0.1, -0.05) is 23.4 Å². The van der Waals surface area contributed by atoms with Gasteiger partial charge in [-0.15, -0.1) is 0 Å². The standard InChI is InChI=1S/C11H12ClN3O/c1-14-11(16)15-10-5-4-9(12)7-8(10)3-2-6-13/h4-5,7H,6,13H2,1H3,(H2,14,15,16). The normalized spacial score (nSPS) is 8.94. The van der Waals surface area contributed by atoms with Crippen molar-refractivity contribution < 1.29 is 4.79 Å². The molecule has 0 radical (unpaired) electrons. The molecule has 0 aliphatic carbocycles. The fourth-order valence-electron chi connectivity index (χ4n) is 1.06. The third-order valence-electron chi connectivity index (χ3n) is 1.78. The highest BCUT2D eigenvalue weighted by Gasteiger charge is 2.04. The number of rotatable bonds is 1. The van der Waals surface area contributed by atoms with Gasteiger partial charge >= 0.3 is 6.03 Å². The Morgan fingerprint density at radius 3 is 2.94 bits per heavy atom. The van der Waals surface area contributed by atoms with Crippen molar-refractivity contribution in [3.05, 3.63) is 28.8 Å². The van der Waals surface area contributed by atoms with E-state index in [-0.39, 0.29) is 12.6 Å². The maximum atomic E-state index is 11.2. The quantitative estimate of drug-likeness (QED) is 0.647. The number of nitrogens with one attached hydrogen (secondary N) is 2. The topological polar surface area (TPSA) is 67.2 Å². The second-order valence-corrected chi connectivity index (χ2v) is 3.34. The fraction of sp³-hybridized carbons (Fsp3) is 0.182. The van der Waals surface area contributed by atoms with Gasteiger partial charge < -0.3 is 16.4 Å². The van der Waals surface area contributed by atoms with E-state index in [4.69, 9.17) is 17.3 Å². The van der Waals surface area contributed by atoms with Gasteiger partial charge in [0.15, 0.2) is 0 Å². The first-order valence-corrected chi connectivity index (χ1v) is 5.02. The highest BCUT2D eigenvalue weighted by Crippen LogP contribution is 2.19. The average Bonchev–Trinajstić information content (AvgIpc) is 2.29. The minimum Gasteiger partial charge on any atom is -0.341 e. The molecule has 1 aromatic carbocycles. The number of amides is 2. The van der Waals surface area contributed by atoms with Crippen molar-refractivity contribution in [2.75, 3.05) is 18.9 Å². The number of nitrogens with two attached hydrogens (primary N) is 1. The molecule has 16 heavy (non-hydrogen) atoms. The maximum Gasteiger partial charge on any atom is 0.319 e. The molecule has 0 fully saturated rings. The number of carbonyl (C=O) groups is 1. The smallest absolute Gasteiger partial charge is 0.319 e.